The molecule has 2 amide bonds. The summed E-state index contributed by atoms with van der Waals surface area (Å²) in [5.41, 5.74) is 9.93. The lowest BCUT2D eigenvalue weighted by atomic mass is 9.49. The van der Waals surface area contributed by atoms with Crippen molar-refractivity contribution in [1.29, 1.82) is 0 Å². The molecule has 4 N–H and O–H groups in total. The molecule has 4 saturated carbocycles. The highest BCUT2D eigenvalue weighted by Crippen LogP contribution is 2.60. The first-order chi connectivity index (χ1) is 18.3. The Morgan fingerprint density at radius 1 is 0.842 bits per heavy atom. The number of carbonyl (C=O) groups excluding carboxylic acids is 2. The Balaban J connectivity index is 1.11. The second kappa shape index (κ2) is 9.91. The van der Waals surface area contributed by atoms with E-state index in [2.05, 4.69) is 15.6 Å². The van der Waals surface area contributed by atoms with E-state index in [1.54, 1.807) is 36.5 Å². The molecule has 4 aliphatic carbocycles. The fourth-order valence-electron chi connectivity index (χ4n) is 6.99. The van der Waals surface area contributed by atoms with Crippen LogP contribution in [0.3, 0.4) is 0 Å². The zero-order valence-electron chi connectivity index (χ0n) is 21.1. The number of aliphatic imine (C=N–C) groups is 1. The average molecular weight is 527 g/mol. The zero-order chi connectivity index (χ0) is 26.3. The number of rotatable bonds is 6. The molecule has 7 rings (SSSR count). The quantitative estimate of drug-likeness (QED) is 0.236. The Labute approximate surface area is 227 Å². The van der Waals surface area contributed by atoms with Crippen molar-refractivity contribution in [2.24, 2.45) is 28.2 Å². The molecule has 7 heteroatoms. The monoisotopic (exact) mass is 526 g/mol. The molecule has 0 saturated heterocycles. The van der Waals surface area contributed by atoms with Crippen LogP contribution in [0.25, 0.3) is 0 Å². The van der Waals surface area contributed by atoms with Crippen molar-refractivity contribution < 1.29 is 9.59 Å². The van der Waals surface area contributed by atoms with Gasteiger partial charge in [0.15, 0.2) is 0 Å². The van der Waals surface area contributed by atoms with Crippen LogP contribution in [0.2, 0.25) is 5.02 Å². The molecule has 6 nitrogen and oxygen atoms in total. The molecule has 0 unspecified atom stereocenters. The van der Waals surface area contributed by atoms with Crippen molar-refractivity contribution in [1.82, 2.24) is 0 Å². The summed E-state index contributed by atoms with van der Waals surface area (Å²) < 4.78 is 0. The van der Waals surface area contributed by atoms with Crippen molar-refractivity contribution >= 4 is 52.4 Å². The molecule has 0 spiro atoms. The van der Waals surface area contributed by atoms with Crippen LogP contribution < -0.4 is 16.4 Å². The fourth-order valence-corrected chi connectivity index (χ4v) is 7.11. The van der Waals surface area contributed by atoms with Crippen LogP contribution in [0.5, 0.6) is 0 Å². The van der Waals surface area contributed by atoms with Crippen molar-refractivity contribution in [2.45, 2.75) is 38.5 Å². The molecular weight excluding hydrogens is 496 g/mol. The summed E-state index contributed by atoms with van der Waals surface area (Å²) in [6.45, 7) is 0. The maximum Gasteiger partial charge on any atom is 0.255 e. The Bertz CT molecular complexity index is 1360. The van der Waals surface area contributed by atoms with E-state index in [0.717, 1.165) is 48.3 Å². The number of nitrogens with two attached hydrogens (primary N) is 1. The van der Waals surface area contributed by atoms with Gasteiger partial charge in [0.1, 0.15) is 0 Å². The van der Waals surface area contributed by atoms with Crippen LogP contribution in [-0.2, 0) is 4.79 Å². The van der Waals surface area contributed by atoms with Gasteiger partial charge in [-0.15, -0.1) is 0 Å². The number of nitrogen functional groups attached to an aromatic ring is 1. The number of amides is 2. The number of nitrogens with zero attached hydrogens (tertiary/aromatic N) is 1. The van der Waals surface area contributed by atoms with Gasteiger partial charge < -0.3 is 16.4 Å². The number of halogens is 1. The van der Waals surface area contributed by atoms with E-state index in [1.807, 2.05) is 36.4 Å². The molecule has 194 valence electrons. The number of hydrogen-bond acceptors (Lipinski definition) is 4. The van der Waals surface area contributed by atoms with Gasteiger partial charge in [0.25, 0.3) is 5.91 Å². The van der Waals surface area contributed by atoms with Gasteiger partial charge in [0, 0.05) is 28.2 Å². The van der Waals surface area contributed by atoms with Crippen LogP contribution in [0, 0.1) is 23.2 Å². The molecule has 0 radical (unpaired) electrons. The molecule has 38 heavy (non-hydrogen) atoms. The molecule has 4 fully saturated rings. The standard InChI is InChI=1S/C31H31ClN4O2/c32-24-5-3-23(4-6-24)29(37)35-25-7-1-19(2-8-25)18-34-28-14-26(9-10-27(28)33)36-30(38)31-15-20-11-21(16-31)13-22(12-20)17-31/h1-10,14,18,20-22H,11-13,15-17,33H2,(H,35,37)(H,36,38). The third kappa shape index (κ3) is 5.05. The van der Waals surface area contributed by atoms with Gasteiger partial charge in [-0.1, -0.05) is 23.7 Å². The lowest BCUT2D eigenvalue weighted by molar-refractivity contribution is -0.140. The highest BCUT2D eigenvalue weighted by molar-refractivity contribution is 6.30. The highest BCUT2D eigenvalue weighted by atomic mass is 35.5. The van der Waals surface area contributed by atoms with E-state index in [1.165, 1.54) is 19.3 Å². The van der Waals surface area contributed by atoms with Crippen LogP contribution in [0.4, 0.5) is 22.7 Å². The van der Waals surface area contributed by atoms with E-state index in [0.29, 0.717) is 27.6 Å². The molecule has 0 aromatic heterocycles. The van der Waals surface area contributed by atoms with E-state index in [4.69, 9.17) is 17.3 Å². The molecule has 0 atom stereocenters. The third-order valence-corrected chi connectivity index (χ3v) is 8.69. The predicted molar refractivity (Wildman–Crippen MR) is 153 cm³/mol. The molecule has 3 aromatic rings. The number of hydrogen-bond donors (Lipinski definition) is 3. The minimum Gasteiger partial charge on any atom is -0.397 e. The van der Waals surface area contributed by atoms with Gasteiger partial charge in [-0.05, 0) is 116 Å². The smallest absolute Gasteiger partial charge is 0.255 e. The number of benzene rings is 3. The average Bonchev–Trinajstić information content (AvgIpc) is 2.89. The molecule has 4 bridgehead atoms. The first kappa shape index (κ1) is 24.7. The van der Waals surface area contributed by atoms with Gasteiger partial charge in [0.2, 0.25) is 5.91 Å². The Kier molecular flexibility index (Phi) is 6.44. The SMILES string of the molecule is Nc1ccc(NC(=O)C23CC4CC(CC(C4)C2)C3)cc1N=Cc1ccc(NC(=O)c2ccc(Cl)cc2)cc1. The first-order valence-electron chi connectivity index (χ1n) is 13.3. The van der Waals surface area contributed by atoms with Gasteiger partial charge in [-0.2, -0.15) is 0 Å². The summed E-state index contributed by atoms with van der Waals surface area (Å²) in [6, 6.07) is 19.6. The second-order valence-electron chi connectivity index (χ2n) is 11.3. The van der Waals surface area contributed by atoms with Gasteiger partial charge in [0.05, 0.1) is 16.8 Å². The largest absolute Gasteiger partial charge is 0.397 e. The molecule has 0 heterocycles. The number of carbonyl (C=O) groups is 2. The van der Waals surface area contributed by atoms with Crippen LogP contribution in [0.1, 0.15) is 54.4 Å². The van der Waals surface area contributed by atoms with Crippen LogP contribution >= 0.6 is 11.6 Å². The van der Waals surface area contributed by atoms with Crippen LogP contribution in [-0.4, -0.2) is 18.0 Å². The minimum absolute atomic E-state index is 0.160. The second-order valence-corrected chi connectivity index (χ2v) is 11.7. The van der Waals surface area contributed by atoms with E-state index < -0.39 is 0 Å². The highest BCUT2D eigenvalue weighted by Gasteiger charge is 2.54. The zero-order valence-corrected chi connectivity index (χ0v) is 21.9. The van der Waals surface area contributed by atoms with Crippen molar-refractivity contribution in [3.8, 4) is 0 Å². The number of anilines is 3. The first-order valence-corrected chi connectivity index (χ1v) is 13.7. The summed E-state index contributed by atoms with van der Waals surface area (Å²) in [5.74, 6) is 2.11. The third-order valence-electron chi connectivity index (χ3n) is 8.44. The van der Waals surface area contributed by atoms with E-state index >= 15 is 0 Å². The lowest BCUT2D eigenvalue weighted by Gasteiger charge is -2.55. The topological polar surface area (TPSA) is 96.6 Å². The van der Waals surface area contributed by atoms with Crippen molar-refractivity contribution in [3.63, 3.8) is 0 Å². The summed E-state index contributed by atoms with van der Waals surface area (Å²) >= 11 is 5.89. The maximum absolute atomic E-state index is 13.4. The number of nitrogens with one attached hydrogen (secondary N) is 2. The van der Waals surface area contributed by atoms with Crippen molar-refractivity contribution in [3.05, 3.63) is 82.9 Å². The van der Waals surface area contributed by atoms with Gasteiger partial charge in [-0.25, -0.2) is 0 Å². The normalized spacial score (nSPS) is 25.4. The summed E-state index contributed by atoms with van der Waals surface area (Å²) in [6.07, 6.45) is 8.74. The molecular formula is C31H31ClN4O2. The maximum atomic E-state index is 13.4. The Morgan fingerprint density at radius 2 is 1.45 bits per heavy atom. The molecule has 3 aromatic carbocycles. The van der Waals surface area contributed by atoms with Crippen LogP contribution in [0.15, 0.2) is 71.7 Å². The van der Waals surface area contributed by atoms with E-state index in [-0.39, 0.29) is 17.2 Å². The lowest BCUT2D eigenvalue weighted by Crippen LogP contribution is -2.51. The van der Waals surface area contributed by atoms with Gasteiger partial charge >= 0.3 is 0 Å². The molecule has 4 aliphatic rings. The fraction of sp³-hybridized carbons (Fsp3) is 0.323. The summed E-state index contributed by atoms with van der Waals surface area (Å²) in [4.78, 5) is 30.4. The summed E-state index contributed by atoms with van der Waals surface area (Å²) in [7, 11) is 0. The predicted octanol–water partition coefficient (Wildman–Crippen LogP) is 7.08. The summed E-state index contributed by atoms with van der Waals surface area (Å²) in [5, 5.41) is 6.65. The minimum atomic E-state index is -0.205. The Morgan fingerprint density at radius 3 is 2.08 bits per heavy atom. The van der Waals surface area contributed by atoms with Gasteiger partial charge in [-0.3, -0.25) is 14.6 Å². The Hall–Kier alpha value is -3.64. The van der Waals surface area contributed by atoms with Crippen molar-refractivity contribution in [2.75, 3.05) is 16.4 Å². The molecule has 0 aliphatic heterocycles. The van der Waals surface area contributed by atoms with E-state index in [9.17, 15) is 9.59 Å².